The van der Waals surface area contributed by atoms with E-state index in [1.807, 2.05) is 55.4 Å². The summed E-state index contributed by atoms with van der Waals surface area (Å²) in [5.41, 5.74) is -1.68. The molecule has 0 aliphatic rings. The van der Waals surface area contributed by atoms with E-state index in [4.69, 9.17) is 0 Å². The van der Waals surface area contributed by atoms with E-state index < -0.39 is 16.8 Å². The molecule has 0 radical (unpaired) electrons. The molecular formula is C58H120O3. The molecule has 61 heavy (non-hydrogen) atoms. The second-order valence-electron chi connectivity index (χ2n) is 23.9. The third-order valence-electron chi connectivity index (χ3n) is 13.7. The first kappa shape index (κ1) is 69.1. The van der Waals surface area contributed by atoms with E-state index in [0.29, 0.717) is 35.5 Å². The molecule has 0 aliphatic carbocycles. The lowest BCUT2D eigenvalue weighted by atomic mass is 9.90. The molecular weight excluding hydrogens is 745 g/mol. The number of allylic oxidation sites excluding steroid dienone is 4. The smallest absolute Gasteiger partial charge is 0.0651 e. The normalized spacial score (nSPS) is 16.8. The van der Waals surface area contributed by atoms with Crippen molar-refractivity contribution in [2.24, 2.45) is 88.8 Å². The van der Waals surface area contributed by atoms with Gasteiger partial charge in [-0.25, -0.2) is 0 Å². The molecule has 0 aliphatic heterocycles. The Kier molecular flexibility index (Phi) is 41.2. The van der Waals surface area contributed by atoms with Crippen LogP contribution in [0, 0.1) is 88.8 Å². The minimum absolute atomic E-state index is 0.216. The SMILES string of the molecule is CC(C)CCC[C@@H](C)C(C)C.CC(C)[C@H](C)/C=C/[C@@H](C)C(C)(C)O.CC(C)[C@H](C)/C=C/[C@H](C)C(C)(C)O.CC(C)[C@H](C)/C=C/[C@H](C)C(C)C.CC(C)[C@H](C)CCCC(C)(C)O. The lowest BCUT2D eigenvalue weighted by molar-refractivity contribution is 0.0434. The molecule has 0 spiro atoms. The quantitative estimate of drug-likeness (QED) is 0.0950. The van der Waals surface area contributed by atoms with E-state index in [1.165, 1.54) is 25.7 Å². The van der Waals surface area contributed by atoms with E-state index in [0.717, 1.165) is 54.3 Å². The van der Waals surface area contributed by atoms with Gasteiger partial charge in [0, 0.05) is 11.8 Å². The third kappa shape index (κ3) is 48.4. The Bertz CT molecular complexity index is 981. The van der Waals surface area contributed by atoms with Crippen LogP contribution in [0.1, 0.15) is 232 Å². The summed E-state index contributed by atoms with van der Waals surface area (Å²) < 4.78 is 0. The fourth-order valence-corrected chi connectivity index (χ4v) is 4.77. The van der Waals surface area contributed by atoms with Crippen LogP contribution in [0.4, 0.5) is 0 Å². The van der Waals surface area contributed by atoms with Crippen molar-refractivity contribution in [2.45, 2.75) is 249 Å². The number of hydrogen-bond donors (Lipinski definition) is 3. The van der Waals surface area contributed by atoms with Crippen LogP contribution in [0.15, 0.2) is 36.5 Å². The predicted molar refractivity (Wildman–Crippen MR) is 281 cm³/mol. The Labute approximate surface area is 388 Å². The number of rotatable bonds is 22. The highest BCUT2D eigenvalue weighted by atomic mass is 16.3. The summed E-state index contributed by atoms with van der Waals surface area (Å²) in [7, 11) is 0. The van der Waals surface area contributed by atoms with Crippen molar-refractivity contribution >= 4 is 0 Å². The summed E-state index contributed by atoms with van der Waals surface area (Å²) in [6.45, 7) is 60.6. The maximum absolute atomic E-state index is 9.69. The molecule has 3 N–H and O–H groups in total. The average Bonchev–Trinajstić information content (AvgIpc) is 3.10. The zero-order chi connectivity index (χ0) is 49.6. The van der Waals surface area contributed by atoms with Crippen LogP contribution in [0.2, 0.25) is 0 Å². The van der Waals surface area contributed by atoms with Gasteiger partial charge in [0.25, 0.3) is 0 Å². The van der Waals surface area contributed by atoms with Crippen LogP contribution < -0.4 is 0 Å². The second kappa shape index (κ2) is 36.3. The fourth-order valence-electron chi connectivity index (χ4n) is 4.77. The average molecular weight is 866 g/mol. The highest BCUT2D eigenvalue weighted by molar-refractivity contribution is 4.97. The van der Waals surface area contributed by atoms with Crippen LogP contribution in [-0.4, -0.2) is 32.1 Å². The van der Waals surface area contributed by atoms with E-state index in [9.17, 15) is 15.3 Å². The molecule has 0 saturated heterocycles. The molecule has 370 valence electrons. The van der Waals surface area contributed by atoms with Gasteiger partial charge in [-0.3, -0.25) is 0 Å². The Morgan fingerprint density at radius 2 is 0.574 bits per heavy atom. The Hall–Kier alpha value is -0.900. The van der Waals surface area contributed by atoms with Crippen LogP contribution in [0.5, 0.6) is 0 Å². The summed E-state index contributed by atoms with van der Waals surface area (Å²) in [4.78, 5) is 0. The Morgan fingerprint density at radius 1 is 0.328 bits per heavy atom. The van der Waals surface area contributed by atoms with Gasteiger partial charge < -0.3 is 15.3 Å². The minimum atomic E-state index is -0.604. The molecule has 0 amide bonds. The molecule has 0 heterocycles. The maximum atomic E-state index is 9.69. The summed E-state index contributed by atoms with van der Waals surface area (Å²) >= 11 is 0. The molecule has 3 nitrogen and oxygen atoms in total. The van der Waals surface area contributed by atoms with Crippen molar-refractivity contribution in [1.29, 1.82) is 0 Å². The van der Waals surface area contributed by atoms with Gasteiger partial charge in [0.2, 0.25) is 0 Å². The molecule has 0 rings (SSSR count). The van der Waals surface area contributed by atoms with Crippen molar-refractivity contribution in [3.8, 4) is 0 Å². The first-order valence-corrected chi connectivity index (χ1v) is 25.5. The number of hydrogen-bond acceptors (Lipinski definition) is 3. The van der Waals surface area contributed by atoms with Gasteiger partial charge >= 0.3 is 0 Å². The highest BCUT2D eigenvalue weighted by Gasteiger charge is 2.21. The summed E-state index contributed by atoms with van der Waals surface area (Å²) in [6, 6.07) is 0. The topological polar surface area (TPSA) is 60.7 Å². The lowest BCUT2D eigenvalue weighted by Gasteiger charge is -2.23. The van der Waals surface area contributed by atoms with E-state index >= 15 is 0 Å². The minimum Gasteiger partial charge on any atom is -0.390 e. The van der Waals surface area contributed by atoms with Crippen molar-refractivity contribution in [3.63, 3.8) is 0 Å². The zero-order valence-corrected chi connectivity index (χ0v) is 47.2. The fraction of sp³-hybridized carbons (Fsp3) is 0.897. The highest BCUT2D eigenvalue weighted by Crippen LogP contribution is 2.23. The van der Waals surface area contributed by atoms with Crippen molar-refractivity contribution in [1.82, 2.24) is 0 Å². The molecule has 8 atom stereocenters. The Balaban J connectivity index is -0.000000214. The van der Waals surface area contributed by atoms with Crippen molar-refractivity contribution < 1.29 is 15.3 Å². The van der Waals surface area contributed by atoms with Gasteiger partial charge in [0.05, 0.1) is 16.8 Å². The summed E-state index contributed by atoms with van der Waals surface area (Å²) in [5.74, 6) is 10.1. The predicted octanol–water partition coefficient (Wildman–Crippen LogP) is 17.9. The van der Waals surface area contributed by atoms with Crippen LogP contribution in [-0.2, 0) is 0 Å². The Morgan fingerprint density at radius 3 is 0.770 bits per heavy atom. The molecule has 0 aromatic rings. The van der Waals surface area contributed by atoms with Crippen LogP contribution in [0.25, 0.3) is 0 Å². The standard InChI is InChI=1S/2C12H24O.C12H24.C11H24O.C11H24/c2*1-9(2)10(3)7-8-11(4)12(5,6)13;1-9(2)11(5)7-8-12(6)10(3)4;1-9(2)10(3)7-6-8-11(4,5)12;1-9(2)7-6-8-11(5)10(3)4/h2*7-11,13H,1-6H3;7-12H,1-6H3;9-10,12H,6-8H2,1-5H3;9-11H,6-8H2,1-5H3/b3*8-7+;;/t10-,11+;10-,11-;11-,12+;10-;11-/m11.11/s1. The van der Waals surface area contributed by atoms with Gasteiger partial charge in [-0.1, -0.05) is 221 Å². The first-order valence-electron chi connectivity index (χ1n) is 25.5. The molecule has 0 unspecified atom stereocenters. The van der Waals surface area contributed by atoms with Gasteiger partial charge in [0.1, 0.15) is 0 Å². The second-order valence-corrected chi connectivity index (χ2v) is 23.9. The van der Waals surface area contributed by atoms with Gasteiger partial charge in [-0.05, 0) is 125 Å². The molecule has 0 bridgehead atoms. The molecule has 3 heteroatoms. The van der Waals surface area contributed by atoms with Crippen LogP contribution in [0.3, 0.4) is 0 Å². The molecule has 0 saturated carbocycles. The molecule has 0 fully saturated rings. The van der Waals surface area contributed by atoms with Gasteiger partial charge in [-0.15, -0.1) is 0 Å². The van der Waals surface area contributed by atoms with Gasteiger partial charge in [0.15, 0.2) is 0 Å². The summed E-state index contributed by atoms with van der Waals surface area (Å²) in [5, 5.41) is 28.8. The van der Waals surface area contributed by atoms with Crippen LogP contribution >= 0.6 is 0 Å². The van der Waals surface area contributed by atoms with E-state index in [1.54, 1.807) is 0 Å². The monoisotopic (exact) mass is 865 g/mol. The first-order chi connectivity index (χ1) is 27.3. The molecule has 0 aromatic heterocycles. The number of aliphatic hydroxyl groups is 3. The largest absolute Gasteiger partial charge is 0.390 e. The third-order valence-corrected chi connectivity index (χ3v) is 13.7. The maximum Gasteiger partial charge on any atom is 0.0651 e. The zero-order valence-electron chi connectivity index (χ0n) is 47.2. The van der Waals surface area contributed by atoms with Gasteiger partial charge in [-0.2, -0.15) is 0 Å². The molecule has 0 aromatic carbocycles. The van der Waals surface area contributed by atoms with E-state index in [2.05, 4.69) is 175 Å². The van der Waals surface area contributed by atoms with Crippen molar-refractivity contribution in [3.05, 3.63) is 36.5 Å². The van der Waals surface area contributed by atoms with E-state index in [-0.39, 0.29) is 11.8 Å². The lowest BCUT2D eigenvalue weighted by Crippen LogP contribution is -2.27. The summed E-state index contributed by atoms with van der Waals surface area (Å²) in [6.07, 6.45) is 20.9. The van der Waals surface area contributed by atoms with Crippen molar-refractivity contribution in [2.75, 3.05) is 0 Å².